The minimum absolute atomic E-state index is 0.204. The zero-order chi connectivity index (χ0) is 10.4. The third-order valence-electron chi connectivity index (χ3n) is 1.44. The minimum atomic E-state index is -0.830. The molecule has 0 heterocycles. The largest absolute Gasteiger partial charge is 0.460 e. The SMILES string of the molecule is CCOC(=O)C(=O)C(Cl)CC(C)C. The molecule has 0 aliphatic rings. The maximum Gasteiger partial charge on any atom is 0.376 e. The van der Waals surface area contributed by atoms with E-state index in [4.69, 9.17) is 11.6 Å². The van der Waals surface area contributed by atoms with Crippen LogP contribution < -0.4 is 0 Å². The lowest BCUT2D eigenvalue weighted by Gasteiger charge is -2.09. The third-order valence-corrected chi connectivity index (χ3v) is 1.82. The van der Waals surface area contributed by atoms with Crippen molar-refractivity contribution in [2.75, 3.05) is 6.61 Å². The van der Waals surface area contributed by atoms with Crippen LogP contribution in [0.4, 0.5) is 0 Å². The third kappa shape index (κ3) is 4.88. The van der Waals surface area contributed by atoms with Crippen molar-refractivity contribution < 1.29 is 14.3 Å². The zero-order valence-corrected chi connectivity index (χ0v) is 8.93. The van der Waals surface area contributed by atoms with Gasteiger partial charge in [-0.3, -0.25) is 4.79 Å². The summed E-state index contributed by atoms with van der Waals surface area (Å²) < 4.78 is 4.53. The summed E-state index contributed by atoms with van der Waals surface area (Å²) >= 11 is 5.71. The lowest BCUT2D eigenvalue weighted by atomic mass is 10.1. The quantitative estimate of drug-likeness (QED) is 0.391. The highest BCUT2D eigenvalue weighted by Gasteiger charge is 2.24. The number of hydrogen-bond donors (Lipinski definition) is 0. The molecule has 0 bridgehead atoms. The summed E-state index contributed by atoms with van der Waals surface area (Å²) in [5.41, 5.74) is 0. The first kappa shape index (κ1) is 12.4. The second kappa shape index (κ2) is 5.97. The van der Waals surface area contributed by atoms with Crippen molar-refractivity contribution in [3.05, 3.63) is 0 Å². The van der Waals surface area contributed by atoms with Gasteiger partial charge in [-0.1, -0.05) is 13.8 Å². The number of ether oxygens (including phenoxy) is 1. The Bertz CT molecular complexity index is 189. The highest BCUT2D eigenvalue weighted by Crippen LogP contribution is 2.12. The molecule has 0 radical (unpaired) electrons. The first-order valence-electron chi connectivity index (χ1n) is 4.34. The Morgan fingerprint density at radius 3 is 2.31 bits per heavy atom. The Labute approximate surface area is 83.4 Å². The van der Waals surface area contributed by atoms with E-state index in [1.165, 1.54) is 0 Å². The lowest BCUT2D eigenvalue weighted by Crippen LogP contribution is -2.27. The van der Waals surface area contributed by atoms with Crippen molar-refractivity contribution in [2.24, 2.45) is 5.92 Å². The summed E-state index contributed by atoms with van der Waals surface area (Å²) in [5.74, 6) is -1.18. The number of rotatable bonds is 5. The minimum Gasteiger partial charge on any atom is -0.460 e. The van der Waals surface area contributed by atoms with Crippen molar-refractivity contribution in [1.82, 2.24) is 0 Å². The Balaban J connectivity index is 4.02. The van der Waals surface area contributed by atoms with Crippen molar-refractivity contribution in [3.8, 4) is 0 Å². The summed E-state index contributed by atoms with van der Waals surface area (Å²) in [4.78, 5) is 22.1. The zero-order valence-electron chi connectivity index (χ0n) is 8.17. The van der Waals surface area contributed by atoms with Gasteiger partial charge in [-0.15, -0.1) is 11.6 Å². The number of carbonyl (C=O) groups is 2. The Kier molecular flexibility index (Phi) is 5.71. The van der Waals surface area contributed by atoms with E-state index in [2.05, 4.69) is 4.74 Å². The van der Waals surface area contributed by atoms with Crippen LogP contribution in [0, 0.1) is 5.92 Å². The van der Waals surface area contributed by atoms with Crippen LogP contribution >= 0.6 is 11.6 Å². The number of alkyl halides is 1. The van der Waals surface area contributed by atoms with Gasteiger partial charge in [0.15, 0.2) is 0 Å². The fourth-order valence-electron chi connectivity index (χ4n) is 0.851. The van der Waals surface area contributed by atoms with Crippen molar-refractivity contribution >= 4 is 23.4 Å². The molecule has 0 aliphatic carbocycles. The number of ketones is 1. The highest BCUT2D eigenvalue weighted by atomic mass is 35.5. The molecule has 0 rings (SSSR count). The van der Waals surface area contributed by atoms with Gasteiger partial charge in [0.05, 0.1) is 6.61 Å². The molecular formula is C9H15ClO3. The number of esters is 1. The highest BCUT2D eigenvalue weighted by molar-refractivity contribution is 6.47. The van der Waals surface area contributed by atoms with E-state index in [-0.39, 0.29) is 6.61 Å². The van der Waals surface area contributed by atoms with Gasteiger partial charge >= 0.3 is 5.97 Å². The van der Waals surface area contributed by atoms with Crippen LogP contribution in [0.5, 0.6) is 0 Å². The monoisotopic (exact) mass is 206 g/mol. The second-order valence-corrected chi connectivity index (χ2v) is 3.71. The molecule has 76 valence electrons. The summed E-state index contributed by atoms with van der Waals surface area (Å²) in [6.45, 7) is 5.73. The predicted molar refractivity (Wildman–Crippen MR) is 50.7 cm³/mol. The van der Waals surface area contributed by atoms with E-state index < -0.39 is 17.1 Å². The summed E-state index contributed by atoms with van der Waals surface area (Å²) in [7, 11) is 0. The second-order valence-electron chi connectivity index (χ2n) is 3.18. The van der Waals surface area contributed by atoms with Gasteiger partial charge in [-0.05, 0) is 19.3 Å². The number of hydrogen-bond acceptors (Lipinski definition) is 3. The molecule has 0 N–H and O–H groups in total. The average Bonchev–Trinajstić information content (AvgIpc) is 2.02. The molecule has 13 heavy (non-hydrogen) atoms. The van der Waals surface area contributed by atoms with E-state index in [0.29, 0.717) is 12.3 Å². The van der Waals surface area contributed by atoms with Crippen LogP contribution in [0.3, 0.4) is 0 Å². The normalized spacial score (nSPS) is 12.7. The topological polar surface area (TPSA) is 43.4 Å². The van der Waals surface area contributed by atoms with Gasteiger partial charge in [-0.25, -0.2) is 4.79 Å². The van der Waals surface area contributed by atoms with Crippen molar-refractivity contribution in [3.63, 3.8) is 0 Å². The standard InChI is InChI=1S/C9H15ClO3/c1-4-13-9(12)8(11)7(10)5-6(2)3/h6-7H,4-5H2,1-3H3. The molecule has 0 amide bonds. The van der Waals surface area contributed by atoms with Crippen LogP contribution in [0.25, 0.3) is 0 Å². The van der Waals surface area contributed by atoms with Gasteiger partial charge in [0.25, 0.3) is 5.78 Å². The van der Waals surface area contributed by atoms with Gasteiger partial charge in [0.1, 0.15) is 5.38 Å². The number of carbonyl (C=O) groups excluding carboxylic acids is 2. The van der Waals surface area contributed by atoms with E-state index in [0.717, 1.165) is 0 Å². The maximum absolute atomic E-state index is 11.2. The van der Waals surface area contributed by atoms with Gasteiger partial charge in [0.2, 0.25) is 0 Å². The van der Waals surface area contributed by atoms with Gasteiger partial charge in [-0.2, -0.15) is 0 Å². The molecule has 1 atom stereocenters. The molecule has 0 aliphatic heterocycles. The first-order chi connectivity index (χ1) is 5.99. The van der Waals surface area contributed by atoms with Gasteiger partial charge in [0, 0.05) is 0 Å². The van der Waals surface area contributed by atoms with E-state index >= 15 is 0 Å². The Morgan fingerprint density at radius 1 is 1.38 bits per heavy atom. The average molecular weight is 207 g/mol. The van der Waals surface area contributed by atoms with Crippen molar-refractivity contribution in [2.45, 2.75) is 32.6 Å². The van der Waals surface area contributed by atoms with Crippen molar-refractivity contribution in [1.29, 1.82) is 0 Å². The van der Waals surface area contributed by atoms with Crippen LogP contribution in [0.1, 0.15) is 27.2 Å². The molecule has 4 heteroatoms. The summed E-state index contributed by atoms with van der Waals surface area (Å²) in [5, 5.41) is -0.751. The molecular weight excluding hydrogens is 192 g/mol. The predicted octanol–water partition coefficient (Wildman–Crippen LogP) is 1.77. The molecule has 0 aromatic carbocycles. The molecule has 0 aromatic rings. The van der Waals surface area contributed by atoms with Gasteiger partial charge < -0.3 is 4.74 Å². The first-order valence-corrected chi connectivity index (χ1v) is 4.77. The Morgan fingerprint density at radius 2 is 1.92 bits per heavy atom. The summed E-state index contributed by atoms with van der Waals surface area (Å²) in [6, 6.07) is 0. The maximum atomic E-state index is 11.2. The van der Waals surface area contributed by atoms with Crippen LogP contribution in [0.2, 0.25) is 0 Å². The van der Waals surface area contributed by atoms with Crippen LogP contribution in [-0.2, 0) is 14.3 Å². The summed E-state index contributed by atoms with van der Waals surface area (Å²) in [6.07, 6.45) is 0.499. The lowest BCUT2D eigenvalue weighted by molar-refractivity contribution is -0.153. The molecule has 0 saturated carbocycles. The molecule has 0 spiro atoms. The molecule has 0 saturated heterocycles. The Hall–Kier alpha value is -0.570. The van der Waals surface area contributed by atoms with E-state index in [9.17, 15) is 9.59 Å². The molecule has 1 unspecified atom stereocenters. The van der Waals surface area contributed by atoms with Crippen LogP contribution in [-0.4, -0.2) is 23.7 Å². The number of Topliss-reactive ketones (excluding diaryl/α,β-unsaturated/α-hetero) is 1. The smallest absolute Gasteiger partial charge is 0.376 e. The molecule has 3 nitrogen and oxygen atoms in total. The van der Waals surface area contributed by atoms with E-state index in [1.807, 2.05) is 13.8 Å². The van der Waals surface area contributed by atoms with Crippen LogP contribution in [0.15, 0.2) is 0 Å². The van der Waals surface area contributed by atoms with E-state index in [1.54, 1.807) is 6.92 Å². The fraction of sp³-hybridized carbons (Fsp3) is 0.778. The molecule has 0 fully saturated rings. The number of halogens is 1. The molecule has 0 aromatic heterocycles. The fourth-order valence-corrected chi connectivity index (χ4v) is 1.30.